The number of rotatable bonds is 2. The molecule has 1 aromatic rings. The molecule has 0 unspecified atom stereocenters. The van der Waals surface area contributed by atoms with Crippen molar-refractivity contribution < 1.29 is 28.2 Å². The lowest BCUT2D eigenvalue weighted by Gasteiger charge is -2.31. The molecule has 1 heterocycles. The molecule has 7 heteroatoms. The van der Waals surface area contributed by atoms with Gasteiger partial charge in [-0.15, -0.1) is 0 Å². The highest BCUT2D eigenvalue weighted by Crippen LogP contribution is 2.38. The van der Waals surface area contributed by atoms with E-state index in [-0.39, 0.29) is 18.4 Å². The van der Waals surface area contributed by atoms with Crippen molar-refractivity contribution in [2.24, 2.45) is 0 Å². The van der Waals surface area contributed by atoms with E-state index in [1.807, 2.05) is 0 Å². The maximum absolute atomic E-state index is 14.0. The lowest BCUT2D eigenvalue weighted by molar-refractivity contribution is -0.142. The highest BCUT2D eigenvalue weighted by atomic mass is 19.1. The standard InChI is InChI=1S/C16H19F2NO4/c1-16(2,3)23-15(22)19-12(6-7-13(19)14(20)21)10-5-4-9(17)8-11(10)18/h4-5,8,12-13H,6-7H2,1-3H3,(H,20,21)/t12-,13+/m0/s1. The van der Waals surface area contributed by atoms with Gasteiger partial charge in [-0.05, 0) is 39.7 Å². The molecule has 0 aliphatic carbocycles. The normalized spacial score (nSPS) is 21.3. The van der Waals surface area contributed by atoms with Crippen molar-refractivity contribution in [1.29, 1.82) is 0 Å². The van der Waals surface area contributed by atoms with E-state index in [1.165, 1.54) is 6.07 Å². The fraction of sp³-hybridized carbons (Fsp3) is 0.500. The molecule has 1 fully saturated rings. The van der Waals surface area contributed by atoms with Crippen LogP contribution in [0.2, 0.25) is 0 Å². The van der Waals surface area contributed by atoms with Crippen LogP contribution in [-0.4, -0.2) is 33.7 Å². The maximum atomic E-state index is 14.0. The van der Waals surface area contributed by atoms with Gasteiger partial charge in [0.2, 0.25) is 0 Å². The summed E-state index contributed by atoms with van der Waals surface area (Å²) in [5.74, 6) is -2.72. The number of carbonyl (C=O) groups is 2. The molecule has 0 spiro atoms. The molecule has 23 heavy (non-hydrogen) atoms. The number of benzene rings is 1. The van der Waals surface area contributed by atoms with Gasteiger partial charge in [0.1, 0.15) is 23.3 Å². The van der Waals surface area contributed by atoms with Crippen molar-refractivity contribution in [1.82, 2.24) is 4.90 Å². The number of aliphatic carboxylic acids is 1. The Kier molecular flexibility index (Phi) is 4.58. The summed E-state index contributed by atoms with van der Waals surface area (Å²) in [5.41, 5.74) is -0.727. The number of halogens is 2. The van der Waals surface area contributed by atoms with Crippen LogP contribution in [0.15, 0.2) is 18.2 Å². The number of nitrogens with zero attached hydrogens (tertiary/aromatic N) is 1. The zero-order valence-electron chi connectivity index (χ0n) is 13.2. The lowest BCUT2D eigenvalue weighted by Crippen LogP contribution is -2.44. The number of hydrogen-bond acceptors (Lipinski definition) is 3. The third kappa shape index (κ3) is 3.78. The van der Waals surface area contributed by atoms with E-state index in [0.717, 1.165) is 17.0 Å². The molecule has 1 aromatic carbocycles. The Bertz CT molecular complexity index is 627. The first kappa shape index (κ1) is 17.2. The second-order valence-corrected chi connectivity index (χ2v) is 6.50. The molecule has 1 aliphatic heterocycles. The van der Waals surface area contributed by atoms with Crippen molar-refractivity contribution in [3.8, 4) is 0 Å². The summed E-state index contributed by atoms with van der Waals surface area (Å²) in [6.07, 6.45) is -0.384. The van der Waals surface area contributed by atoms with E-state index in [4.69, 9.17) is 4.74 Å². The monoisotopic (exact) mass is 327 g/mol. The number of carboxylic acids is 1. The summed E-state index contributed by atoms with van der Waals surface area (Å²) < 4.78 is 32.4. The molecule has 126 valence electrons. The number of carbonyl (C=O) groups excluding carboxylic acids is 1. The Morgan fingerprint density at radius 2 is 1.91 bits per heavy atom. The van der Waals surface area contributed by atoms with E-state index in [1.54, 1.807) is 20.8 Å². The van der Waals surface area contributed by atoms with Crippen LogP contribution in [-0.2, 0) is 9.53 Å². The third-order valence-corrected chi connectivity index (χ3v) is 3.60. The highest BCUT2D eigenvalue weighted by molar-refractivity contribution is 5.81. The highest BCUT2D eigenvalue weighted by Gasteiger charge is 2.44. The molecule has 1 N–H and O–H groups in total. The van der Waals surface area contributed by atoms with Crippen LogP contribution in [0.25, 0.3) is 0 Å². The Labute approximate surface area is 132 Å². The lowest BCUT2D eigenvalue weighted by atomic mass is 10.0. The van der Waals surface area contributed by atoms with Crippen LogP contribution in [0.3, 0.4) is 0 Å². The van der Waals surface area contributed by atoms with Gasteiger partial charge >= 0.3 is 12.1 Å². The first-order chi connectivity index (χ1) is 10.6. The van der Waals surface area contributed by atoms with Gasteiger partial charge in [-0.1, -0.05) is 6.07 Å². The molecule has 2 atom stereocenters. The van der Waals surface area contributed by atoms with E-state index < -0.39 is 41.4 Å². The van der Waals surface area contributed by atoms with Crippen LogP contribution < -0.4 is 0 Å². The molecule has 1 amide bonds. The van der Waals surface area contributed by atoms with Crippen molar-refractivity contribution in [2.75, 3.05) is 0 Å². The predicted octanol–water partition coefficient (Wildman–Crippen LogP) is 3.49. The summed E-state index contributed by atoms with van der Waals surface area (Å²) in [4.78, 5) is 24.8. The van der Waals surface area contributed by atoms with Crippen LogP contribution in [0, 0.1) is 11.6 Å². The van der Waals surface area contributed by atoms with E-state index >= 15 is 0 Å². The summed E-state index contributed by atoms with van der Waals surface area (Å²) in [6.45, 7) is 4.97. The topological polar surface area (TPSA) is 66.8 Å². The molecule has 0 bridgehead atoms. The van der Waals surface area contributed by atoms with Gasteiger partial charge in [0.15, 0.2) is 0 Å². The van der Waals surface area contributed by atoms with Gasteiger partial charge in [-0.25, -0.2) is 18.4 Å². The van der Waals surface area contributed by atoms with Gasteiger partial charge in [0, 0.05) is 11.6 Å². The Hall–Kier alpha value is -2.18. The summed E-state index contributed by atoms with van der Waals surface area (Å²) in [6, 6.07) is 1.14. The number of hydrogen-bond donors (Lipinski definition) is 1. The van der Waals surface area contributed by atoms with Crippen LogP contribution in [0.5, 0.6) is 0 Å². The molecular weight excluding hydrogens is 308 g/mol. The van der Waals surface area contributed by atoms with Gasteiger partial charge in [0.05, 0.1) is 6.04 Å². The Morgan fingerprint density at radius 3 is 2.43 bits per heavy atom. The van der Waals surface area contributed by atoms with Gasteiger partial charge in [-0.2, -0.15) is 0 Å². The SMILES string of the molecule is CC(C)(C)OC(=O)N1[C@@H](C(=O)O)CC[C@H]1c1ccc(F)cc1F. The second kappa shape index (κ2) is 6.14. The summed E-state index contributed by atoms with van der Waals surface area (Å²) >= 11 is 0. The first-order valence-corrected chi connectivity index (χ1v) is 7.29. The zero-order chi connectivity index (χ0) is 17.4. The van der Waals surface area contributed by atoms with Gasteiger partial charge in [-0.3, -0.25) is 4.90 Å². The van der Waals surface area contributed by atoms with Crippen molar-refractivity contribution >= 4 is 12.1 Å². The molecule has 5 nitrogen and oxygen atoms in total. The van der Waals surface area contributed by atoms with E-state index in [2.05, 4.69) is 0 Å². The second-order valence-electron chi connectivity index (χ2n) is 6.50. The fourth-order valence-corrected chi connectivity index (χ4v) is 2.70. The first-order valence-electron chi connectivity index (χ1n) is 7.29. The summed E-state index contributed by atoms with van der Waals surface area (Å²) in [7, 11) is 0. The van der Waals surface area contributed by atoms with Crippen LogP contribution in [0.4, 0.5) is 13.6 Å². The minimum absolute atomic E-state index is 0.0843. The third-order valence-electron chi connectivity index (χ3n) is 3.60. The number of amides is 1. The van der Waals surface area contributed by atoms with Gasteiger partial charge < -0.3 is 9.84 Å². The molecule has 0 radical (unpaired) electrons. The zero-order valence-corrected chi connectivity index (χ0v) is 13.2. The average Bonchev–Trinajstić information content (AvgIpc) is 2.81. The Balaban J connectivity index is 2.37. The maximum Gasteiger partial charge on any atom is 0.411 e. The van der Waals surface area contributed by atoms with E-state index in [0.29, 0.717) is 0 Å². The smallest absolute Gasteiger partial charge is 0.411 e. The largest absolute Gasteiger partial charge is 0.480 e. The van der Waals surface area contributed by atoms with Gasteiger partial charge in [0.25, 0.3) is 0 Å². The minimum atomic E-state index is -1.18. The summed E-state index contributed by atoms with van der Waals surface area (Å²) in [5, 5.41) is 9.31. The van der Waals surface area contributed by atoms with Crippen molar-refractivity contribution in [3.63, 3.8) is 0 Å². The molecule has 0 saturated carbocycles. The van der Waals surface area contributed by atoms with Crippen molar-refractivity contribution in [3.05, 3.63) is 35.4 Å². The molecule has 1 saturated heterocycles. The van der Waals surface area contributed by atoms with Crippen molar-refractivity contribution in [2.45, 2.75) is 51.3 Å². The molecule has 0 aromatic heterocycles. The van der Waals surface area contributed by atoms with E-state index in [9.17, 15) is 23.5 Å². The quantitative estimate of drug-likeness (QED) is 0.903. The average molecular weight is 327 g/mol. The van der Waals surface area contributed by atoms with Crippen LogP contribution in [0.1, 0.15) is 45.2 Å². The predicted molar refractivity (Wildman–Crippen MR) is 77.8 cm³/mol. The number of likely N-dealkylation sites (tertiary alicyclic amines) is 1. The molecular formula is C16H19F2NO4. The Morgan fingerprint density at radius 1 is 1.26 bits per heavy atom. The van der Waals surface area contributed by atoms with Crippen LogP contribution >= 0.6 is 0 Å². The minimum Gasteiger partial charge on any atom is -0.480 e. The fourth-order valence-electron chi connectivity index (χ4n) is 2.70. The number of ether oxygens (including phenoxy) is 1. The molecule has 1 aliphatic rings. The number of carboxylic acid groups (broad SMARTS) is 1. The molecule has 2 rings (SSSR count).